The van der Waals surface area contributed by atoms with E-state index in [4.69, 9.17) is 9.84 Å². The van der Waals surface area contributed by atoms with E-state index in [9.17, 15) is 13.2 Å². The van der Waals surface area contributed by atoms with Gasteiger partial charge >= 0.3 is 5.97 Å². The summed E-state index contributed by atoms with van der Waals surface area (Å²) in [6.07, 6.45) is 0.558. The molecule has 1 atom stereocenters. The van der Waals surface area contributed by atoms with Gasteiger partial charge in [0, 0.05) is 17.6 Å². The molecule has 0 aliphatic heterocycles. The molecule has 1 unspecified atom stereocenters. The van der Waals surface area contributed by atoms with E-state index < -0.39 is 16.0 Å². The molecule has 0 radical (unpaired) electrons. The van der Waals surface area contributed by atoms with Gasteiger partial charge in [-0.05, 0) is 47.0 Å². The van der Waals surface area contributed by atoms with Crippen LogP contribution in [0, 0.1) is 6.92 Å². The lowest BCUT2D eigenvalue weighted by molar-refractivity contribution is 0.0696. The summed E-state index contributed by atoms with van der Waals surface area (Å²) >= 11 is 3.21. The molecule has 1 aromatic carbocycles. The van der Waals surface area contributed by atoms with Gasteiger partial charge < -0.3 is 9.84 Å². The van der Waals surface area contributed by atoms with Crippen LogP contribution >= 0.6 is 15.9 Å². The molecule has 0 aliphatic carbocycles. The highest BCUT2D eigenvalue weighted by Gasteiger charge is 2.24. The molecule has 0 spiro atoms. The van der Waals surface area contributed by atoms with E-state index in [1.54, 1.807) is 6.92 Å². The van der Waals surface area contributed by atoms with Crippen molar-refractivity contribution in [3.05, 3.63) is 27.7 Å². The normalized spacial score (nSPS) is 13.1. The quantitative estimate of drug-likeness (QED) is 0.756. The lowest BCUT2D eigenvalue weighted by Crippen LogP contribution is -2.37. The van der Waals surface area contributed by atoms with E-state index in [2.05, 4.69) is 20.7 Å². The first-order valence-corrected chi connectivity index (χ1v) is 8.55. The SMILES string of the molecule is CCC(COC)NS(=O)(=O)c1cc(C(=O)O)cc(C)c1Br. The molecular weight excluding hydrogens is 362 g/mol. The Morgan fingerprint density at radius 1 is 1.48 bits per heavy atom. The minimum atomic E-state index is -3.84. The summed E-state index contributed by atoms with van der Waals surface area (Å²) in [6, 6.07) is 2.18. The van der Waals surface area contributed by atoms with E-state index in [1.807, 2.05) is 6.92 Å². The van der Waals surface area contributed by atoms with Gasteiger partial charge in [-0.2, -0.15) is 0 Å². The number of ether oxygens (including phenoxy) is 1. The third kappa shape index (κ3) is 4.50. The number of rotatable bonds is 7. The summed E-state index contributed by atoms with van der Waals surface area (Å²) in [5.74, 6) is -1.18. The molecule has 0 fully saturated rings. The Labute approximate surface area is 132 Å². The number of aromatic carboxylic acids is 1. The number of hydrogen-bond donors (Lipinski definition) is 2. The molecule has 0 bridgehead atoms. The predicted octanol–water partition coefficient (Wildman–Crippen LogP) is 2.16. The fraction of sp³-hybridized carbons (Fsp3) is 0.462. The lowest BCUT2D eigenvalue weighted by atomic mass is 10.1. The number of hydrogen-bond acceptors (Lipinski definition) is 4. The van der Waals surface area contributed by atoms with Gasteiger partial charge in [-0.25, -0.2) is 17.9 Å². The summed E-state index contributed by atoms with van der Waals surface area (Å²) in [5.41, 5.74) is 0.464. The van der Waals surface area contributed by atoms with Crippen LogP contribution in [0.4, 0.5) is 0 Å². The van der Waals surface area contributed by atoms with Crippen molar-refractivity contribution in [3.8, 4) is 0 Å². The van der Waals surface area contributed by atoms with Gasteiger partial charge in [-0.1, -0.05) is 6.92 Å². The Morgan fingerprint density at radius 2 is 2.10 bits per heavy atom. The highest BCUT2D eigenvalue weighted by molar-refractivity contribution is 9.10. The van der Waals surface area contributed by atoms with Crippen molar-refractivity contribution in [2.24, 2.45) is 0 Å². The van der Waals surface area contributed by atoms with Crippen molar-refractivity contribution in [2.45, 2.75) is 31.2 Å². The highest BCUT2D eigenvalue weighted by atomic mass is 79.9. The molecular formula is C13H18BrNO5S. The molecule has 118 valence electrons. The van der Waals surface area contributed by atoms with Crippen molar-refractivity contribution in [2.75, 3.05) is 13.7 Å². The summed E-state index contributed by atoms with van der Waals surface area (Å²) in [6.45, 7) is 3.72. The maximum absolute atomic E-state index is 12.4. The average molecular weight is 380 g/mol. The molecule has 0 aliphatic rings. The topological polar surface area (TPSA) is 92.7 Å². The Morgan fingerprint density at radius 3 is 2.57 bits per heavy atom. The highest BCUT2D eigenvalue weighted by Crippen LogP contribution is 2.27. The van der Waals surface area contributed by atoms with Crippen LogP contribution in [0.1, 0.15) is 29.3 Å². The van der Waals surface area contributed by atoms with Crippen LogP contribution in [0.3, 0.4) is 0 Å². The lowest BCUT2D eigenvalue weighted by Gasteiger charge is -2.17. The van der Waals surface area contributed by atoms with Gasteiger partial charge in [0.2, 0.25) is 10.0 Å². The van der Waals surface area contributed by atoms with Gasteiger partial charge in [-0.3, -0.25) is 0 Å². The minimum absolute atomic E-state index is 0.0733. The van der Waals surface area contributed by atoms with E-state index >= 15 is 0 Å². The third-order valence-electron chi connectivity index (χ3n) is 2.94. The molecule has 1 aromatic rings. The number of carbonyl (C=O) groups is 1. The second kappa shape index (κ2) is 7.35. The Hall–Kier alpha value is -0.960. The van der Waals surface area contributed by atoms with Gasteiger partial charge in [0.05, 0.1) is 17.1 Å². The number of carboxylic acids is 1. The minimum Gasteiger partial charge on any atom is -0.478 e. The van der Waals surface area contributed by atoms with Crippen LogP contribution in [0.5, 0.6) is 0 Å². The molecule has 0 heterocycles. The molecule has 0 saturated heterocycles. The number of methoxy groups -OCH3 is 1. The van der Waals surface area contributed by atoms with Gasteiger partial charge in [0.1, 0.15) is 0 Å². The standard InChI is InChI=1S/C13H18BrNO5S/c1-4-10(7-20-3)15-21(18,19)11-6-9(13(16)17)5-8(2)12(11)14/h5-6,10,15H,4,7H2,1-3H3,(H,16,17). The zero-order valence-corrected chi connectivity index (χ0v) is 14.4. The van der Waals surface area contributed by atoms with Crippen LogP contribution in [0.2, 0.25) is 0 Å². The molecule has 0 amide bonds. The Kier molecular flexibility index (Phi) is 6.33. The molecule has 6 nitrogen and oxygen atoms in total. The van der Waals surface area contributed by atoms with Crippen LogP contribution in [-0.2, 0) is 14.8 Å². The molecule has 21 heavy (non-hydrogen) atoms. The number of sulfonamides is 1. The maximum atomic E-state index is 12.4. The molecule has 8 heteroatoms. The maximum Gasteiger partial charge on any atom is 0.335 e. The molecule has 2 N–H and O–H groups in total. The van der Waals surface area contributed by atoms with Crippen molar-refractivity contribution < 1.29 is 23.1 Å². The summed E-state index contributed by atoms with van der Waals surface area (Å²) in [5, 5.41) is 9.05. The number of carboxylic acid groups (broad SMARTS) is 1. The largest absolute Gasteiger partial charge is 0.478 e. The average Bonchev–Trinajstić information content (AvgIpc) is 2.40. The number of aryl methyl sites for hydroxylation is 1. The van der Waals surface area contributed by atoms with Crippen molar-refractivity contribution in [1.29, 1.82) is 0 Å². The van der Waals surface area contributed by atoms with E-state index in [0.29, 0.717) is 16.5 Å². The molecule has 1 rings (SSSR count). The number of benzene rings is 1. The van der Waals surface area contributed by atoms with E-state index in [1.165, 1.54) is 13.2 Å². The van der Waals surface area contributed by atoms with Crippen LogP contribution in [-0.4, -0.2) is 39.3 Å². The second-order valence-electron chi connectivity index (χ2n) is 4.59. The predicted molar refractivity (Wildman–Crippen MR) is 82.1 cm³/mol. The first-order chi connectivity index (χ1) is 9.72. The van der Waals surface area contributed by atoms with Crippen molar-refractivity contribution in [1.82, 2.24) is 4.72 Å². The van der Waals surface area contributed by atoms with Crippen molar-refractivity contribution in [3.63, 3.8) is 0 Å². The van der Waals surface area contributed by atoms with Gasteiger partial charge in [-0.15, -0.1) is 0 Å². The fourth-order valence-corrected chi connectivity index (χ4v) is 4.12. The van der Waals surface area contributed by atoms with Crippen LogP contribution in [0.15, 0.2) is 21.5 Å². The van der Waals surface area contributed by atoms with Crippen LogP contribution < -0.4 is 4.72 Å². The molecule has 0 aromatic heterocycles. The van der Waals surface area contributed by atoms with Crippen LogP contribution in [0.25, 0.3) is 0 Å². The van der Waals surface area contributed by atoms with Gasteiger partial charge in [0.25, 0.3) is 0 Å². The molecule has 0 saturated carbocycles. The second-order valence-corrected chi connectivity index (χ2v) is 7.07. The Bertz CT molecular complexity index is 630. The Balaban J connectivity index is 3.27. The smallest absolute Gasteiger partial charge is 0.335 e. The first kappa shape index (κ1) is 18.1. The fourth-order valence-electron chi connectivity index (χ4n) is 1.78. The zero-order chi connectivity index (χ0) is 16.2. The third-order valence-corrected chi connectivity index (χ3v) is 5.80. The summed E-state index contributed by atoms with van der Waals surface area (Å²) < 4.78 is 32.7. The van der Waals surface area contributed by atoms with E-state index in [0.717, 1.165) is 6.07 Å². The van der Waals surface area contributed by atoms with Gasteiger partial charge in [0.15, 0.2) is 0 Å². The summed E-state index contributed by atoms with van der Waals surface area (Å²) in [7, 11) is -2.36. The number of halogens is 1. The summed E-state index contributed by atoms with van der Waals surface area (Å²) in [4.78, 5) is 11.0. The van der Waals surface area contributed by atoms with Crippen molar-refractivity contribution >= 4 is 31.9 Å². The number of nitrogens with one attached hydrogen (secondary N) is 1. The van der Waals surface area contributed by atoms with E-state index in [-0.39, 0.29) is 23.1 Å². The monoisotopic (exact) mass is 379 g/mol. The zero-order valence-electron chi connectivity index (χ0n) is 12.0. The first-order valence-electron chi connectivity index (χ1n) is 6.27.